The molecule has 0 radical (unpaired) electrons. The van der Waals surface area contributed by atoms with E-state index in [2.05, 4.69) is 32.8 Å². The maximum Gasteiger partial charge on any atom is 0.148 e. The minimum atomic E-state index is -0.00333. The number of nitrogens with zero attached hydrogens (tertiary/aromatic N) is 2. The van der Waals surface area contributed by atoms with Crippen molar-refractivity contribution in [3.63, 3.8) is 0 Å². The predicted octanol–water partition coefficient (Wildman–Crippen LogP) is 1.08. The first kappa shape index (κ1) is 9.14. The number of nitrogens with one attached hydrogen (secondary N) is 1. The molecule has 1 aliphatic heterocycles. The van der Waals surface area contributed by atoms with Crippen LogP contribution in [0.25, 0.3) is 0 Å². The Kier molecular flexibility index (Phi) is 2.37. The highest BCUT2D eigenvalue weighted by molar-refractivity contribution is 14.1. The quantitative estimate of drug-likeness (QED) is 0.622. The van der Waals surface area contributed by atoms with Gasteiger partial charge in [0, 0.05) is 29.3 Å². The fourth-order valence-corrected chi connectivity index (χ4v) is 2.48. The van der Waals surface area contributed by atoms with Gasteiger partial charge in [-0.3, -0.25) is 4.79 Å². The SMILES string of the molecule is CC(=O)[C@@H]1Cc2nc[nH]c2CN1I. The number of carbonyl (C=O) groups is 1. The molecule has 0 bridgehead atoms. The number of halogens is 1. The Labute approximate surface area is 90.2 Å². The van der Waals surface area contributed by atoms with Gasteiger partial charge in [-0.15, -0.1) is 0 Å². The van der Waals surface area contributed by atoms with Crippen molar-refractivity contribution in [1.82, 2.24) is 13.1 Å². The first-order valence-electron chi connectivity index (χ1n) is 4.12. The van der Waals surface area contributed by atoms with E-state index in [1.165, 1.54) is 0 Å². The Hall–Kier alpha value is -0.430. The van der Waals surface area contributed by atoms with E-state index in [0.29, 0.717) is 0 Å². The molecule has 0 saturated heterocycles. The van der Waals surface area contributed by atoms with Crippen LogP contribution in [0.4, 0.5) is 0 Å². The Morgan fingerprint density at radius 1 is 1.85 bits per heavy atom. The molecule has 0 amide bonds. The number of carbonyl (C=O) groups excluding carboxylic acids is 1. The molecule has 1 aliphatic rings. The van der Waals surface area contributed by atoms with E-state index in [1.54, 1.807) is 13.3 Å². The summed E-state index contributed by atoms with van der Waals surface area (Å²) in [6, 6.07) is -0.00333. The molecule has 13 heavy (non-hydrogen) atoms. The Balaban J connectivity index is 2.27. The highest BCUT2D eigenvalue weighted by atomic mass is 127. The number of aromatic amines is 1. The average molecular weight is 291 g/mol. The third-order valence-corrected chi connectivity index (χ3v) is 3.32. The molecule has 0 aromatic carbocycles. The van der Waals surface area contributed by atoms with Gasteiger partial charge in [0.25, 0.3) is 0 Å². The molecule has 0 spiro atoms. The van der Waals surface area contributed by atoms with Crippen LogP contribution in [0.2, 0.25) is 0 Å². The van der Waals surface area contributed by atoms with Crippen LogP contribution in [0.5, 0.6) is 0 Å². The summed E-state index contributed by atoms with van der Waals surface area (Å²) in [5.41, 5.74) is 2.17. The maximum absolute atomic E-state index is 11.3. The predicted molar refractivity (Wildman–Crippen MR) is 56.3 cm³/mol. The van der Waals surface area contributed by atoms with Crippen molar-refractivity contribution in [2.24, 2.45) is 0 Å². The lowest BCUT2D eigenvalue weighted by Crippen LogP contribution is -2.38. The summed E-state index contributed by atoms with van der Waals surface area (Å²) < 4.78 is 2.03. The van der Waals surface area contributed by atoms with E-state index in [4.69, 9.17) is 0 Å². The van der Waals surface area contributed by atoms with Crippen LogP contribution in [0.1, 0.15) is 18.3 Å². The van der Waals surface area contributed by atoms with Gasteiger partial charge in [0.2, 0.25) is 0 Å². The fourth-order valence-electron chi connectivity index (χ4n) is 1.55. The monoisotopic (exact) mass is 291 g/mol. The van der Waals surface area contributed by atoms with Gasteiger partial charge in [-0.1, -0.05) is 0 Å². The summed E-state index contributed by atoms with van der Waals surface area (Å²) in [6.07, 6.45) is 2.43. The number of H-pyrrole nitrogens is 1. The second kappa shape index (κ2) is 3.38. The molecule has 0 aliphatic carbocycles. The van der Waals surface area contributed by atoms with Gasteiger partial charge in [0.1, 0.15) is 5.78 Å². The molecule has 1 aromatic heterocycles. The van der Waals surface area contributed by atoms with Gasteiger partial charge in [0.05, 0.1) is 30.3 Å². The number of imidazole rings is 1. The molecule has 1 N–H and O–H groups in total. The molecule has 0 unspecified atom stereocenters. The summed E-state index contributed by atoms with van der Waals surface area (Å²) >= 11 is 2.19. The lowest BCUT2D eigenvalue weighted by Gasteiger charge is -2.27. The van der Waals surface area contributed by atoms with Crippen LogP contribution in [0.15, 0.2) is 6.33 Å². The zero-order valence-corrected chi connectivity index (χ0v) is 9.41. The summed E-state index contributed by atoms with van der Waals surface area (Å²) in [6.45, 7) is 2.41. The van der Waals surface area contributed by atoms with Crippen LogP contribution < -0.4 is 0 Å². The molecule has 0 saturated carbocycles. The molecule has 1 atom stereocenters. The van der Waals surface area contributed by atoms with Crippen molar-refractivity contribution in [3.05, 3.63) is 17.7 Å². The molecule has 70 valence electrons. The van der Waals surface area contributed by atoms with Gasteiger partial charge in [-0.2, -0.15) is 0 Å². The van der Waals surface area contributed by atoms with Gasteiger partial charge in [-0.05, 0) is 6.92 Å². The summed E-state index contributed by atoms with van der Waals surface area (Å²) in [5.74, 6) is 0.211. The van der Waals surface area contributed by atoms with Gasteiger partial charge < -0.3 is 4.98 Å². The second-order valence-electron chi connectivity index (χ2n) is 3.22. The molecule has 4 nitrogen and oxygen atoms in total. The minimum absolute atomic E-state index is 0.00333. The van der Waals surface area contributed by atoms with Gasteiger partial charge in [-0.25, -0.2) is 8.10 Å². The highest BCUT2D eigenvalue weighted by Crippen LogP contribution is 2.23. The Morgan fingerprint density at radius 3 is 3.31 bits per heavy atom. The topological polar surface area (TPSA) is 49.0 Å². The molecule has 1 aromatic rings. The van der Waals surface area contributed by atoms with Crippen LogP contribution in [-0.2, 0) is 17.8 Å². The molecule has 5 heteroatoms. The van der Waals surface area contributed by atoms with Crippen LogP contribution in [0.3, 0.4) is 0 Å². The van der Waals surface area contributed by atoms with E-state index in [9.17, 15) is 4.79 Å². The zero-order chi connectivity index (χ0) is 9.42. The maximum atomic E-state index is 11.3. The number of Topliss-reactive ketones (excluding diaryl/α,β-unsaturated/α-hetero) is 1. The van der Waals surface area contributed by atoms with E-state index in [1.807, 2.05) is 3.11 Å². The van der Waals surface area contributed by atoms with Crippen LogP contribution >= 0.6 is 22.9 Å². The average Bonchev–Trinajstić information content (AvgIpc) is 2.48. The number of ketones is 1. The highest BCUT2D eigenvalue weighted by Gasteiger charge is 2.29. The normalized spacial score (nSPS) is 22.8. The molecule has 0 fully saturated rings. The standard InChI is InChI=1S/C8H10IN3O/c1-5(13)8-2-6-7(3-12(8)9)11-4-10-6/h4,8H,2-3H2,1H3,(H,10,11)/t8-/m0/s1. The van der Waals surface area contributed by atoms with Crippen LogP contribution in [0, 0.1) is 0 Å². The molecule has 2 heterocycles. The van der Waals surface area contributed by atoms with Crippen LogP contribution in [-0.4, -0.2) is 24.9 Å². The Morgan fingerprint density at radius 2 is 2.62 bits per heavy atom. The molecular weight excluding hydrogens is 281 g/mol. The second-order valence-corrected chi connectivity index (χ2v) is 4.46. The van der Waals surface area contributed by atoms with Crippen molar-refractivity contribution in [2.75, 3.05) is 0 Å². The van der Waals surface area contributed by atoms with Crippen molar-refractivity contribution in [2.45, 2.75) is 25.9 Å². The third kappa shape index (κ3) is 1.62. The van der Waals surface area contributed by atoms with Gasteiger partial charge >= 0.3 is 0 Å². The Bertz CT molecular complexity index is 336. The molecule has 2 rings (SSSR count). The van der Waals surface area contributed by atoms with Gasteiger partial charge in [0.15, 0.2) is 0 Å². The van der Waals surface area contributed by atoms with E-state index in [0.717, 1.165) is 24.4 Å². The summed E-state index contributed by atoms with van der Waals surface area (Å²) in [4.78, 5) is 18.5. The first-order valence-corrected chi connectivity index (χ1v) is 5.09. The molecular formula is C8H10IN3O. The lowest BCUT2D eigenvalue weighted by molar-refractivity contribution is -0.120. The summed E-state index contributed by atoms with van der Waals surface area (Å²) in [7, 11) is 0. The number of rotatable bonds is 1. The van der Waals surface area contributed by atoms with E-state index in [-0.39, 0.29) is 11.8 Å². The zero-order valence-electron chi connectivity index (χ0n) is 7.25. The number of hydrogen-bond acceptors (Lipinski definition) is 3. The number of aromatic nitrogens is 2. The number of fused-ring (bicyclic) bond motifs is 1. The van der Waals surface area contributed by atoms with Crippen molar-refractivity contribution < 1.29 is 4.79 Å². The smallest absolute Gasteiger partial charge is 0.148 e. The lowest BCUT2D eigenvalue weighted by atomic mass is 10.0. The van der Waals surface area contributed by atoms with Crippen molar-refractivity contribution in [1.29, 1.82) is 0 Å². The van der Waals surface area contributed by atoms with Crippen molar-refractivity contribution >= 4 is 28.6 Å². The summed E-state index contributed by atoms with van der Waals surface area (Å²) in [5, 5.41) is 0. The largest absolute Gasteiger partial charge is 0.347 e. The number of hydrogen-bond donors (Lipinski definition) is 1. The fraction of sp³-hybridized carbons (Fsp3) is 0.500. The minimum Gasteiger partial charge on any atom is -0.347 e. The first-order chi connectivity index (χ1) is 6.18. The van der Waals surface area contributed by atoms with E-state index >= 15 is 0 Å². The van der Waals surface area contributed by atoms with Crippen molar-refractivity contribution in [3.8, 4) is 0 Å². The third-order valence-electron chi connectivity index (χ3n) is 2.31. The van der Waals surface area contributed by atoms with E-state index < -0.39 is 0 Å².